The number of carbonyl (C=O) groups excluding carboxylic acids is 1. The number of ether oxygens (including phenoxy) is 1. The molecule has 0 bridgehead atoms. The molecule has 110 valence electrons. The Morgan fingerprint density at radius 2 is 1.71 bits per heavy atom. The van der Waals surface area contributed by atoms with Crippen LogP contribution in [0.4, 0.5) is 0 Å². The van der Waals surface area contributed by atoms with Crippen molar-refractivity contribution in [1.29, 1.82) is 0 Å². The molecule has 0 spiro atoms. The van der Waals surface area contributed by atoms with Gasteiger partial charge in [0.2, 0.25) is 0 Å². The predicted octanol–water partition coefficient (Wildman–Crippen LogP) is 2.31. The number of hydrogen-bond donors (Lipinski definition) is 2. The van der Waals surface area contributed by atoms with Crippen LogP contribution in [0.3, 0.4) is 0 Å². The number of aliphatic hydroxyl groups excluding tert-OH is 2. The lowest BCUT2D eigenvalue weighted by molar-refractivity contribution is -0.144. The van der Waals surface area contributed by atoms with Gasteiger partial charge in [-0.1, -0.05) is 48.5 Å². The molecule has 0 aliphatic carbocycles. The highest BCUT2D eigenvalue weighted by atomic mass is 16.5. The normalized spacial score (nSPS) is 13.5. The molecule has 4 nitrogen and oxygen atoms in total. The summed E-state index contributed by atoms with van der Waals surface area (Å²) in [6, 6.07) is 17.0. The largest absolute Gasteiger partial charge is 0.469 e. The maximum absolute atomic E-state index is 11.2. The van der Waals surface area contributed by atoms with Crippen molar-refractivity contribution in [3.8, 4) is 11.1 Å². The molecule has 4 heteroatoms. The highest BCUT2D eigenvalue weighted by Crippen LogP contribution is 2.25. The lowest BCUT2D eigenvalue weighted by Gasteiger charge is -2.18. The van der Waals surface area contributed by atoms with Crippen LogP contribution >= 0.6 is 0 Å². The van der Waals surface area contributed by atoms with E-state index in [4.69, 9.17) is 0 Å². The average Bonchev–Trinajstić information content (AvgIpc) is 2.54. The van der Waals surface area contributed by atoms with Crippen LogP contribution in [0, 0.1) is 0 Å². The van der Waals surface area contributed by atoms with E-state index in [0.29, 0.717) is 5.56 Å². The molecule has 2 aromatic carbocycles. The summed E-state index contributed by atoms with van der Waals surface area (Å²) in [5.41, 5.74) is 2.53. The monoisotopic (exact) mass is 286 g/mol. The van der Waals surface area contributed by atoms with Crippen LogP contribution in [0.15, 0.2) is 54.6 Å². The zero-order valence-electron chi connectivity index (χ0n) is 11.8. The van der Waals surface area contributed by atoms with Gasteiger partial charge in [-0.25, -0.2) is 0 Å². The quantitative estimate of drug-likeness (QED) is 0.828. The third-order valence-corrected chi connectivity index (χ3v) is 3.30. The van der Waals surface area contributed by atoms with E-state index < -0.39 is 18.2 Å². The maximum Gasteiger partial charge on any atom is 0.308 e. The van der Waals surface area contributed by atoms with Gasteiger partial charge in [0.1, 0.15) is 6.10 Å². The van der Waals surface area contributed by atoms with Crippen LogP contribution in [0.2, 0.25) is 0 Å². The molecule has 0 aliphatic heterocycles. The van der Waals surface area contributed by atoms with E-state index in [-0.39, 0.29) is 6.42 Å². The van der Waals surface area contributed by atoms with Gasteiger partial charge in [-0.05, 0) is 22.8 Å². The van der Waals surface area contributed by atoms with Gasteiger partial charge >= 0.3 is 5.97 Å². The molecule has 0 saturated heterocycles. The number of esters is 1. The number of hydrogen-bond acceptors (Lipinski definition) is 4. The Bertz CT molecular complexity index is 595. The summed E-state index contributed by atoms with van der Waals surface area (Å²) < 4.78 is 4.49. The molecular weight excluding hydrogens is 268 g/mol. The fourth-order valence-corrected chi connectivity index (χ4v) is 2.12. The highest BCUT2D eigenvalue weighted by molar-refractivity contribution is 5.70. The Balaban J connectivity index is 2.19. The summed E-state index contributed by atoms with van der Waals surface area (Å²) in [7, 11) is 1.25. The summed E-state index contributed by atoms with van der Waals surface area (Å²) in [5.74, 6) is -0.555. The van der Waals surface area contributed by atoms with Gasteiger partial charge in [0.25, 0.3) is 0 Å². The number of benzene rings is 2. The van der Waals surface area contributed by atoms with E-state index in [2.05, 4.69) is 4.74 Å². The van der Waals surface area contributed by atoms with E-state index in [9.17, 15) is 15.0 Å². The molecule has 0 radical (unpaired) electrons. The standard InChI is InChI=1S/C17H18O4/c1-21-16(19)11-15(18)17(20)14-9-5-8-13(10-14)12-6-3-2-4-7-12/h2-10,15,17-18,20H,11H2,1H3. The first-order chi connectivity index (χ1) is 10.1. The van der Waals surface area contributed by atoms with E-state index in [1.807, 2.05) is 42.5 Å². The van der Waals surface area contributed by atoms with Crippen LogP contribution in [-0.4, -0.2) is 29.4 Å². The van der Waals surface area contributed by atoms with Crippen molar-refractivity contribution in [3.63, 3.8) is 0 Å². The number of rotatable bonds is 5. The third-order valence-electron chi connectivity index (χ3n) is 3.30. The summed E-state index contributed by atoms with van der Waals surface area (Å²) in [6.45, 7) is 0. The second-order valence-corrected chi connectivity index (χ2v) is 4.78. The fourth-order valence-electron chi connectivity index (χ4n) is 2.12. The van der Waals surface area contributed by atoms with Crippen molar-refractivity contribution in [3.05, 3.63) is 60.2 Å². The molecule has 0 amide bonds. The number of carbonyl (C=O) groups is 1. The molecule has 2 rings (SSSR count). The average molecular weight is 286 g/mol. The van der Waals surface area contributed by atoms with Gasteiger partial charge in [-0.15, -0.1) is 0 Å². The SMILES string of the molecule is COC(=O)CC(O)C(O)c1cccc(-c2ccccc2)c1. The third kappa shape index (κ3) is 3.90. The first kappa shape index (κ1) is 15.2. The first-order valence-electron chi connectivity index (χ1n) is 6.70. The summed E-state index contributed by atoms with van der Waals surface area (Å²) in [5, 5.41) is 20.0. The molecule has 0 fully saturated rings. The highest BCUT2D eigenvalue weighted by Gasteiger charge is 2.22. The van der Waals surface area contributed by atoms with Crippen LogP contribution in [0.5, 0.6) is 0 Å². The molecule has 0 aliphatic rings. The van der Waals surface area contributed by atoms with Crippen LogP contribution in [0.1, 0.15) is 18.1 Å². The van der Waals surface area contributed by atoms with Gasteiger partial charge in [-0.2, -0.15) is 0 Å². The Morgan fingerprint density at radius 1 is 1.05 bits per heavy atom. The zero-order valence-corrected chi connectivity index (χ0v) is 11.8. The van der Waals surface area contributed by atoms with Gasteiger partial charge in [0, 0.05) is 0 Å². The molecule has 21 heavy (non-hydrogen) atoms. The minimum absolute atomic E-state index is 0.243. The topological polar surface area (TPSA) is 66.8 Å². The van der Waals surface area contributed by atoms with E-state index >= 15 is 0 Å². The van der Waals surface area contributed by atoms with E-state index in [1.165, 1.54) is 7.11 Å². The molecule has 2 unspecified atom stereocenters. The number of methoxy groups -OCH3 is 1. The van der Waals surface area contributed by atoms with Gasteiger partial charge < -0.3 is 14.9 Å². The van der Waals surface area contributed by atoms with Crippen molar-refractivity contribution in [2.24, 2.45) is 0 Å². The lowest BCUT2D eigenvalue weighted by Crippen LogP contribution is -2.22. The molecule has 0 saturated carbocycles. The minimum atomic E-state index is -1.19. The van der Waals surface area contributed by atoms with Gasteiger partial charge in [-0.3, -0.25) is 4.79 Å². The smallest absolute Gasteiger partial charge is 0.308 e. The second kappa shape index (κ2) is 7.02. The molecule has 2 N–H and O–H groups in total. The van der Waals surface area contributed by atoms with Crippen LogP contribution in [-0.2, 0) is 9.53 Å². The first-order valence-corrected chi connectivity index (χ1v) is 6.70. The summed E-state index contributed by atoms with van der Waals surface area (Å²) in [4.78, 5) is 11.2. The van der Waals surface area contributed by atoms with Gasteiger partial charge in [0.15, 0.2) is 0 Å². The molecule has 0 heterocycles. The van der Waals surface area contributed by atoms with Crippen LogP contribution < -0.4 is 0 Å². The molecule has 2 aromatic rings. The van der Waals surface area contributed by atoms with Crippen molar-refractivity contribution in [2.75, 3.05) is 7.11 Å². The minimum Gasteiger partial charge on any atom is -0.469 e. The molecule has 0 aromatic heterocycles. The second-order valence-electron chi connectivity index (χ2n) is 4.78. The van der Waals surface area contributed by atoms with E-state index in [0.717, 1.165) is 11.1 Å². The predicted molar refractivity (Wildman–Crippen MR) is 79.5 cm³/mol. The Labute approximate surface area is 123 Å². The summed E-state index contributed by atoms with van der Waals surface area (Å²) >= 11 is 0. The van der Waals surface area contributed by atoms with E-state index in [1.54, 1.807) is 12.1 Å². The Kier molecular flexibility index (Phi) is 5.09. The van der Waals surface area contributed by atoms with Gasteiger partial charge in [0.05, 0.1) is 19.6 Å². The Hall–Kier alpha value is -2.17. The van der Waals surface area contributed by atoms with Crippen LogP contribution in [0.25, 0.3) is 11.1 Å². The molecular formula is C17H18O4. The maximum atomic E-state index is 11.2. The number of aliphatic hydroxyl groups is 2. The van der Waals surface area contributed by atoms with Crippen molar-refractivity contribution < 1.29 is 19.7 Å². The van der Waals surface area contributed by atoms with Crippen molar-refractivity contribution >= 4 is 5.97 Å². The van der Waals surface area contributed by atoms with Crippen molar-refractivity contribution in [2.45, 2.75) is 18.6 Å². The Morgan fingerprint density at radius 3 is 2.38 bits per heavy atom. The lowest BCUT2D eigenvalue weighted by atomic mass is 9.97. The summed E-state index contributed by atoms with van der Waals surface area (Å²) in [6.07, 6.45) is -2.57. The van der Waals surface area contributed by atoms with Crippen molar-refractivity contribution in [1.82, 2.24) is 0 Å². The fraction of sp³-hybridized carbons (Fsp3) is 0.235. The zero-order chi connectivity index (χ0) is 15.2. The molecule has 2 atom stereocenters.